The standard InChI is InChI=1S/C46H32N4O2/c1-27-26-32(28(2)46(52)45(27)51)44-39-24-22-37(49-39)42(30-14-8-4-9-15-30)35-20-18-33(47-35)41(29-12-6-3-7-13-29)34-19-21-36(48-34)43(31-16-10-5-11-17-31)38-23-25-40(44)50-38/h3-26,51-52H,1-2H3. The molecular weight excluding hydrogens is 641 g/mol. The minimum Gasteiger partial charge on any atom is -0.504 e. The van der Waals surface area contributed by atoms with Crippen molar-refractivity contribution < 1.29 is 10.2 Å². The maximum atomic E-state index is 11.0. The van der Waals surface area contributed by atoms with Crippen LogP contribution in [-0.2, 0) is 0 Å². The molecule has 5 heterocycles. The molecule has 4 aromatic carbocycles. The summed E-state index contributed by atoms with van der Waals surface area (Å²) < 4.78 is 0. The Balaban J connectivity index is 1.39. The second-order valence-electron chi connectivity index (χ2n) is 13.0. The van der Waals surface area contributed by atoms with Crippen molar-refractivity contribution in [2.75, 3.05) is 0 Å². The number of nitrogens with zero attached hydrogens (tertiary/aromatic N) is 4. The van der Waals surface area contributed by atoms with E-state index in [2.05, 4.69) is 60.7 Å². The minimum absolute atomic E-state index is 0.135. The number of phenolic OH excluding ortho intramolecular Hbond substituents is 2. The molecular formula is C46H32N4O2. The molecule has 5 aliphatic heterocycles. The van der Waals surface area contributed by atoms with Crippen LogP contribution in [0.4, 0.5) is 0 Å². The zero-order chi connectivity index (χ0) is 35.3. The lowest BCUT2D eigenvalue weighted by Gasteiger charge is -2.16. The Kier molecular flexibility index (Phi) is 7.44. The average Bonchev–Trinajstić information content (AvgIpc) is 4.02. The topological polar surface area (TPSA) is 89.9 Å². The fourth-order valence-electron chi connectivity index (χ4n) is 7.21. The summed E-state index contributed by atoms with van der Waals surface area (Å²) in [5.74, 6) is -0.293. The summed E-state index contributed by atoms with van der Waals surface area (Å²) in [6.45, 7) is 3.58. The van der Waals surface area contributed by atoms with E-state index in [4.69, 9.17) is 20.0 Å². The summed E-state index contributed by atoms with van der Waals surface area (Å²) in [6.07, 6.45) is 16.3. The van der Waals surface area contributed by atoms with Crippen molar-refractivity contribution in [3.05, 3.63) is 202 Å². The van der Waals surface area contributed by atoms with Crippen molar-refractivity contribution in [3.8, 4) is 11.5 Å². The number of aliphatic imine (C=N–C) groups is 4. The van der Waals surface area contributed by atoms with E-state index < -0.39 is 0 Å². The Morgan fingerprint density at radius 3 is 1.08 bits per heavy atom. The molecule has 0 saturated carbocycles. The van der Waals surface area contributed by atoms with Crippen molar-refractivity contribution in [2.45, 2.75) is 13.8 Å². The van der Waals surface area contributed by atoms with Crippen molar-refractivity contribution in [1.29, 1.82) is 0 Å². The number of rotatable bonds is 4. The molecule has 2 N–H and O–H groups in total. The number of aryl methyl sites for hydroxylation is 1. The first-order chi connectivity index (χ1) is 25.4. The van der Waals surface area contributed by atoms with Gasteiger partial charge in [0.25, 0.3) is 0 Å². The van der Waals surface area contributed by atoms with Gasteiger partial charge < -0.3 is 10.2 Å². The highest BCUT2D eigenvalue weighted by Gasteiger charge is 2.28. The zero-order valence-corrected chi connectivity index (χ0v) is 28.5. The Bertz CT molecular complexity index is 2570. The van der Waals surface area contributed by atoms with Gasteiger partial charge in [0.1, 0.15) is 0 Å². The van der Waals surface area contributed by atoms with Gasteiger partial charge in [0.05, 0.1) is 45.6 Å². The molecule has 0 aliphatic carbocycles. The highest BCUT2D eigenvalue weighted by atomic mass is 16.3. The molecule has 248 valence electrons. The quantitative estimate of drug-likeness (QED) is 0.212. The van der Waals surface area contributed by atoms with E-state index in [1.807, 2.05) is 85.0 Å². The molecule has 0 unspecified atom stereocenters. The van der Waals surface area contributed by atoms with Gasteiger partial charge in [0, 0.05) is 27.9 Å². The SMILES string of the molecule is Cc1cc(C2=C3C=CC(=N3)C(c3ccccc3)=C3C=CC(=N3)C(c3ccccc3)=C3C=CC(=N3)C(c3ccccc3)=C3C=CC2=N3)c(C)c(O)c1O. The van der Waals surface area contributed by atoms with Crippen molar-refractivity contribution in [1.82, 2.24) is 0 Å². The van der Waals surface area contributed by atoms with Crippen molar-refractivity contribution in [3.63, 3.8) is 0 Å². The lowest BCUT2D eigenvalue weighted by Crippen LogP contribution is -2.04. The number of allylic oxidation sites excluding steroid dienone is 12. The van der Waals surface area contributed by atoms with Gasteiger partial charge in [-0.05, 0) is 96.3 Å². The van der Waals surface area contributed by atoms with Crippen LogP contribution in [0.3, 0.4) is 0 Å². The number of hydrogen-bond acceptors (Lipinski definition) is 6. The first kappa shape index (κ1) is 31.1. The van der Waals surface area contributed by atoms with Gasteiger partial charge in [0.15, 0.2) is 11.5 Å². The first-order valence-corrected chi connectivity index (χ1v) is 17.2. The summed E-state index contributed by atoms with van der Waals surface area (Å²) in [4.78, 5) is 21.2. The molecule has 6 nitrogen and oxygen atoms in total. The van der Waals surface area contributed by atoms with Crippen molar-refractivity contribution in [2.24, 2.45) is 20.0 Å². The predicted molar refractivity (Wildman–Crippen MR) is 213 cm³/mol. The van der Waals surface area contributed by atoms with Crippen LogP contribution in [0.15, 0.2) is 188 Å². The summed E-state index contributed by atoms with van der Waals surface area (Å²) in [5, 5.41) is 21.7. The van der Waals surface area contributed by atoms with Gasteiger partial charge in [0.2, 0.25) is 0 Å². The van der Waals surface area contributed by atoms with Crippen molar-refractivity contribution >= 4 is 45.1 Å². The van der Waals surface area contributed by atoms with E-state index in [0.29, 0.717) is 22.5 Å². The number of hydrogen-bond donors (Lipinski definition) is 2. The number of benzene rings is 4. The third-order valence-corrected chi connectivity index (χ3v) is 9.78. The highest BCUT2D eigenvalue weighted by Crippen LogP contribution is 2.42. The Labute approximate surface area is 301 Å². The molecule has 52 heavy (non-hydrogen) atoms. The van der Waals surface area contributed by atoms with Crippen LogP contribution in [-0.4, -0.2) is 33.1 Å². The summed E-state index contributed by atoms with van der Waals surface area (Å²) in [6, 6.07) is 32.5. The fraction of sp³-hybridized carbons (Fsp3) is 0.0435. The molecule has 0 spiro atoms. The lowest BCUT2D eigenvalue weighted by atomic mass is 9.92. The smallest absolute Gasteiger partial charge is 0.161 e. The van der Waals surface area contributed by atoms with E-state index in [9.17, 15) is 10.2 Å². The number of phenols is 2. The molecule has 6 heteroatoms. The molecule has 0 atom stereocenters. The van der Waals surface area contributed by atoms with Gasteiger partial charge in [-0.2, -0.15) is 0 Å². The van der Waals surface area contributed by atoms with Crippen LogP contribution in [0.1, 0.15) is 33.4 Å². The minimum atomic E-state index is -0.159. The van der Waals surface area contributed by atoms with E-state index in [1.165, 1.54) is 0 Å². The normalized spacial score (nSPS) is 17.4. The molecule has 0 amide bonds. The monoisotopic (exact) mass is 672 g/mol. The molecule has 9 rings (SSSR count). The highest BCUT2D eigenvalue weighted by molar-refractivity contribution is 6.39. The average molecular weight is 673 g/mol. The zero-order valence-electron chi connectivity index (χ0n) is 28.5. The first-order valence-electron chi connectivity index (χ1n) is 17.2. The second-order valence-corrected chi connectivity index (χ2v) is 13.0. The molecule has 0 saturated heterocycles. The Morgan fingerprint density at radius 2 is 0.712 bits per heavy atom. The third kappa shape index (κ3) is 5.20. The van der Waals surface area contributed by atoms with Gasteiger partial charge in [-0.25, -0.2) is 20.0 Å². The summed E-state index contributed by atoms with van der Waals surface area (Å²) in [5.41, 5.74) is 14.4. The van der Waals surface area contributed by atoms with E-state index in [-0.39, 0.29) is 11.5 Å². The fourth-order valence-corrected chi connectivity index (χ4v) is 7.21. The Hall–Kier alpha value is -6.92. The van der Waals surface area contributed by atoms with Crippen LogP contribution < -0.4 is 0 Å². The Morgan fingerprint density at radius 1 is 0.385 bits per heavy atom. The number of fused-ring (bicyclic) bond motifs is 4. The van der Waals surface area contributed by atoms with Gasteiger partial charge in [-0.1, -0.05) is 91.0 Å². The lowest BCUT2D eigenvalue weighted by molar-refractivity contribution is 0.398. The summed E-state index contributed by atoms with van der Waals surface area (Å²) >= 11 is 0. The van der Waals surface area contributed by atoms with Crippen LogP contribution in [0.5, 0.6) is 11.5 Å². The molecule has 4 aromatic rings. The van der Waals surface area contributed by atoms with Gasteiger partial charge in [-0.3, -0.25) is 0 Å². The second kappa shape index (κ2) is 12.4. The molecule has 0 radical (unpaired) electrons. The molecule has 0 aromatic heterocycles. The maximum absolute atomic E-state index is 11.0. The van der Waals surface area contributed by atoms with E-state index >= 15 is 0 Å². The van der Waals surface area contributed by atoms with Crippen LogP contribution in [0, 0.1) is 13.8 Å². The van der Waals surface area contributed by atoms with E-state index in [0.717, 1.165) is 78.8 Å². The van der Waals surface area contributed by atoms with Gasteiger partial charge >= 0.3 is 0 Å². The third-order valence-electron chi connectivity index (χ3n) is 9.78. The summed E-state index contributed by atoms with van der Waals surface area (Å²) in [7, 11) is 0. The predicted octanol–water partition coefficient (Wildman–Crippen LogP) is 9.72. The largest absolute Gasteiger partial charge is 0.504 e. The van der Waals surface area contributed by atoms with Crippen LogP contribution in [0.25, 0.3) is 22.3 Å². The number of aromatic hydroxyl groups is 2. The van der Waals surface area contributed by atoms with Gasteiger partial charge in [-0.15, -0.1) is 0 Å². The maximum Gasteiger partial charge on any atom is 0.161 e. The molecule has 8 bridgehead atoms. The van der Waals surface area contributed by atoms with E-state index in [1.54, 1.807) is 13.8 Å². The molecule has 0 fully saturated rings. The van der Waals surface area contributed by atoms with Crippen LogP contribution in [0.2, 0.25) is 0 Å². The molecule has 5 aliphatic rings. The van der Waals surface area contributed by atoms with Crippen LogP contribution >= 0.6 is 0 Å².